The number of halogens is 1. The largest absolute Gasteiger partial charge is 0.295 e. The second-order valence-electron chi connectivity index (χ2n) is 4.91. The summed E-state index contributed by atoms with van der Waals surface area (Å²) in [5.74, 6) is 0. The Kier molecular flexibility index (Phi) is 4.56. The summed E-state index contributed by atoms with van der Waals surface area (Å²) in [5.41, 5.74) is 2.60. The molecule has 1 aromatic heterocycles. The predicted molar refractivity (Wildman–Crippen MR) is 71.9 cm³/mol. The van der Waals surface area contributed by atoms with Crippen LogP contribution in [-0.4, -0.2) is 32.6 Å². The van der Waals surface area contributed by atoms with Crippen molar-refractivity contribution in [3.8, 4) is 0 Å². The summed E-state index contributed by atoms with van der Waals surface area (Å²) in [6.07, 6.45) is 0.999. The molecule has 0 bridgehead atoms. The normalized spacial score (nSPS) is 12.4. The molecule has 0 amide bonds. The number of hydrogen-bond donors (Lipinski definition) is 0. The van der Waals surface area contributed by atoms with Crippen LogP contribution in [0.25, 0.3) is 0 Å². The van der Waals surface area contributed by atoms with Gasteiger partial charge in [-0.1, -0.05) is 22.9 Å². The lowest BCUT2D eigenvalue weighted by Crippen LogP contribution is -2.42. The van der Waals surface area contributed by atoms with Crippen LogP contribution in [0.3, 0.4) is 0 Å². The molecule has 1 rings (SSSR count). The topological polar surface area (TPSA) is 21.1 Å². The van der Waals surface area contributed by atoms with Crippen LogP contribution in [0.4, 0.5) is 0 Å². The number of aryl methyl sites for hydroxylation is 2. The molecular formula is C12H22BrN3. The lowest BCUT2D eigenvalue weighted by atomic mass is 10.1. The van der Waals surface area contributed by atoms with Gasteiger partial charge in [0.2, 0.25) is 0 Å². The van der Waals surface area contributed by atoms with Gasteiger partial charge in [-0.05, 0) is 33.4 Å². The lowest BCUT2D eigenvalue weighted by molar-refractivity contribution is 0.169. The zero-order chi connectivity index (χ0) is 12.3. The summed E-state index contributed by atoms with van der Waals surface area (Å²) in [6.45, 7) is 7.54. The van der Waals surface area contributed by atoms with Crippen molar-refractivity contribution in [1.82, 2.24) is 14.7 Å². The lowest BCUT2D eigenvalue weighted by Gasteiger charge is -2.33. The summed E-state index contributed by atoms with van der Waals surface area (Å²) >= 11 is 3.56. The molecule has 0 saturated carbocycles. The molecule has 0 aliphatic heterocycles. The predicted octanol–water partition coefficient (Wildman–Crippen LogP) is 2.59. The zero-order valence-corrected chi connectivity index (χ0v) is 12.5. The highest BCUT2D eigenvalue weighted by Gasteiger charge is 2.22. The third kappa shape index (κ3) is 3.08. The summed E-state index contributed by atoms with van der Waals surface area (Å²) in [6, 6.07) is 2.20. The highest BCUT2D eigenvalue weighted by molar-refractivity contribution is 9.09. The van der Waals surface area contributed by atoms with Crippen LogP contribution in [0.15, 0.2) is 6.07 Å². The van der Waals surface area contributed by atoms with Crippen LogP contribution >= 0.6 is 15.9 Å². The van der Waals surface area contributed by atoms with Gasteiger partial charge in [0.25, 0.3) is 0 Å². The van der Waals surface area contributed by atoms with Gasteiger partial charge in [-0.15, -0.1) is 0 Å². The van der Waals surface area contributed by atoms with Crippen molar-refractivity contribution in [2.24, 2.45) is 7.05 Å². The molecule has 0 aliphatic carbocycles. The third-order valence-corrected chi connectivity index (χ3v) is 4.52. The maximum absolute atomic E-state index is 4.47. The molecule has 0 spiro atoms. The van der Waals surface area contributed by atoms with Crippen molar-refractivity contribution in [1.29, 1.82) is 0 Å². The van der Waals surface area contributed by atoms with E-state index in [0.29, 0.717) is 0 Å². The molecule has 16 heavy (non-hydrogen) atoms. The summed E-state index contributed by atoms with van der Waals surface area (Å²) < 4.78 is 1.99. The van der Waals surface area contributed by atoms with Crippen LogP contribution in [-0.2, 0) is 20.0 Å². The van der Waals surface area contributed by atoms with Gasteiger partial charge in [-0.2, -0.15) is 5.10 Å². The smallest absolute Gasteiger partial charge is 0.0625 e. The second kappa shape index (κ2) is 5.32. The average Bonchev–Trinajstić information content (AvgIpc) is 2.59. The Labute approximate surface area is 107 Å². The Bertz CT molecular complexity index is 344. The maximum atomic E-state index is 4.47. The van der Waals surface area contributed by atoms with Gasteiger partial charge >= 0.3 is 0 Å². The highest BCUT2D eigenvalue weighted by Crippen LogP contribution is 2.18. The van der Waals surface area contributed by atoms with E-state index >= 15 is 0 Å². The third-order valence-electron chi connectivity index (χ3n) is 3.15. The zero-order valence-electron chi connectivity index (χ0n) is 10.9. The SMILES string of the molecule is CCc1cc(CN(C)C(C)(C)CBr)n(C)n1. The molecule has 0 saturated heterocycles. The van der Waals surface area contributed by atoms with Crippen LogP contribution in [0.1, 0.15) is 32.2 Å². The molecule has 4 heteroatoms. The van der Waals surface area contributed by atoms with Gasteiger partial charge < -0.3 is 0 Å². The first-order valence-electron chi connectivity index (χ1n) is 5.69. The van der Waals surface area contributed by atoms with Gasteiger partial charge in [0, 0.05) is 24.5 Å². The van der Waals surface area contributed by atoms with E-state index in [1.165, 1.54) is 11.4 Å². The number of rotatable bonds is 5. The minimum absolute atomic E-state index is 0.163. The molecule has 92 valence electrons. The molecule has 3 nitrogen and oxygen atoms in total. The molecule has 0 fully saturated rings. The minimum atomic E-state index is 0.163. The molecule has 1 aromatic rings. The van der Waals surface area contributed by atoms with E-state index in [1.54, 1.807) is 0 Å². The van der Waals surface area contributed by atoms with E-state index < -0.39 is 0 Å². The Hall–Kier alpha value is -0.350. The van der Waals surface area contributed by atoms with E-state index in [2.05, 4.69) is 59.8 Å². The standard InChI is InChI=1S/C12H22BrN3/c1-6-10-7-11(16(5)14-10)8-15(4)12(2,3)9-13/h7H,6,8-9H2,1-5H3. The Morgan fingerprint density at radius 2 is 2.12 bits per heavy atom. The van der Waals surface area contributed by atoms with Crippen molar-refractivity contribution in [3.63, 3.8) is 0 Å². The van der Waals surface area contributed by atoms with Gasteiger partial charge in [-0.25, -0.2) is 0 Å². The van der Waals surface area contributed by atoms with Crippen LogP contribution in [0, 0.1) is 0 Å². The highest BCUT2D eigenvalue weighted by atomic mass is 79.9. The van der Waals surface area contributed by atoms with Gasteiger partial charge in [0.15, 0.2) is 0 Å². The van der Waals surface area contributed by atoms with Crippen LogP contribution in [0.2, 0.25) is 0 Å². The van der Waals surface area contributed by atoms with Gasteiger partial charge in [-0.3, -0.25) is 9.58 Å². The Balaban J connectivity index is 2.76. The van der Waals surface area contributed by atoms with E-state index in [9.17, 15) is 0 Å². The second-order valence-corrected chi connectivity index (χ2v) is 5.47. The summed E-state index contributed by atoms with van der Waals surface area (Å²) in [7, 11) is 4.17. The van der Waals surface area contributed by atoms with Crippen molar-refractivity contribution in [2.45, 2.75) is 39.3 Å². The van der Waals surface area contributed by atoms with Crippen molar-refractivity contribution in [2.75, 3.05) is 12.4 Å². The quantitative estimate of drug-likeness (QED) is 0.777. The van der Waals surface area contributed by atoms with E-state index in [0.717, 1.165) is 18.3 Å². The fraction of sp³-hybridized carbons (Fsp3) is 0.750. The summed E-state index contributed by atoms with van der Waals surface area (Å²) in [4.78, 5) is 2.35. The van der Waals surface area contributed by atoms with Gasteiger partial charge in [0.1, 0.15) is 0 Å². The number of nitrogens with zero attached hydrogens (tertiary/aromatic N) is 3. The molecular weight excluding hydrogens is 266 g/mol. The molecule has 0 N–H and O–H groups in total. The Morgan fingerprint density at radius 3 is 2.56 bits per heavy atom. The van der Waals surface area contributed by atoms with Crippen LogP contribution in [0.5, 0.6) is 0 Å². The van der Waals surface area contributed by atoms with Crippen molar-refractivity contribution < 1.29 is 0 Å². The fourth-order valence-electron chi connectivity index (χ4n) is 1.45. The molecule has 0 aliphatic rings. The van der Waals surface area contributed by atoms with Crippen LogP contribution < -0.4 is 0 Å². The molecule has 0 atom stereocenters. The number of alkyl halides is 1. The molecule has 0 aromatic carbocycles. The van der Waals surface area contributed by atoms with E-state index in [1.807, 2.05) is 11.7 Å². The molecule has 0 unspecified atom stereocenters. The fourth-order valence-corrected chi connectivity index (χ4v) is 1.88. The molecule has 1 heterocycles. The minimum Gasteiger partial charge on any atom is -0.295 e. The van der Waals surface area contributed by atoms with Crippen molar-refractivity contribution >= 4 is 15.9 Å². The summed E-state index contributed by atoms with van der Waals surface area (Å²) in [5, 5.41) is 5.44. The molecule has 0 radical (unpaired) electrons. The number of aromatic nitrogens is 2. The van der Waals surface area contributed by atoms with Crippen molar-refractivity contribution in [3.05, 3.63) is 17.5 Å². The maximum Gasteiger partial charge on any atom is 0.0625 e. The number of hydrogen-bond acceptors (Lipinski definition) is 2. The first-order valence-corrected chi connectivity index (χ1v) is 6.82. The van der Waals surface area contributed by atoms with Gasteiger partial charge in [0.05, 0.1) is 11.4 Å². The average molecular weight is 288 g/mol. The van der Waals surface area contributed by atoms with E-state index in [4.69, 9.17) is 0 Å². The first-order chi connectivity index (χ1) is 7.40. The monoisotopic (exact) mass is 287 g/mol. The Morgan fingerprint density at radius 1 is 1.50 bits per heavy atom. The first kappa shape index (κ1) is 13.7. The van der Waals surface area contributed by atoms with E-state index in [-0.39, 0.29) is 5.54 Å².